The first-order valence-corrected chi connectivity index (χ1v) is 4.67. The third kappa shape index (κ3) is 2.32. The Hall–Kier alpha value is -1.30. The van der Waals surface area contributed by atoms with E-state index in [1.807, 2.05) is 6.08 Å². The van der Waals surface area contributed by atoms with Gasteiger partial charge in [-0.05, 0) is 30.0 Å². The van der Waals surface area contributed by atoms with Crippen LogP contribution < -0.4 is 0 Å². The zero-order valence-corrected chi connectivity index (χ0v) is 8.38. The molecule has 0 bridgehead atoms. The molecule has 0 atom stereocenters. The number of allylic oxidation sites excluding steroid dienone is 3. The molecule has 0 amide bonds. The Morgan fingerprint density at radius 1 is 1.38 bits per heavy atom. The van der Waals surface area contributed by atoms with Gasteiger partial charge in [0, 0.05) is 0 Å². The Morgan fingerprint density at radius 3 is 2.62 bits per heavy atom. The van der Waals surface area contributed by atoms with Crippen LogP contribution in [0.15, 0.2) is 43.0 Å². The van der Waals surface area contributed by atoms with Gasteiger partial charge in [-0.1, -0.05) is 49.9 Å². The molecule has 0 aliphatic rings. The maximum atomic E-state index is 3.73. The minimum absolute atomic E-state index is 1.05. The molecule has 0 nitrogen and oxygen atoms in total. The van der Waals surface area contributed by atoms with E-state index in [1.54, 1.807) is 0 Å². The molecule has 0 fully saturated rings. The standard InChI is InChI=1S/C13H16/c1-4-8-12(5-2)13-10-7-6-9-11(13)3/h4,6-10H,1,5H2,2-3H3. The maximum absolute atomic E-state index is 3.73. The minimum Gasteiger partial charge on any atom is -0.0991 e. The topological polar surface area (TPSA) is 0 Å². The van der Waals surface area contributed by atoms with Crippen molar-refractivity contribution >= 4 is 5.57 Å². The van der Waals surface area contributed by atoms with Gasteiger partial charge in [0.25, 0.3) is 0 Å². The Bertz CT molecular complexity index is 319. The maximum Gasteiger partial charge on any atom is -0.0195 e. The van der Waals surface area contributed by atoms with Crippen LogP contribution in [-0.4, -0.2) is 0 Å². The second-order valence-electron chi connectivity index (χ2n) is 3.10. The Kier molecular flexibility index (Phi) is 3.51. The molecule has 0 N–H and O–H groups in total. The summed E-state index contributed by atoms with van der Waals surface area (Å²) in [7, 11) is 0. The zero-order chi connectivity index (χ0) is 9.68. The van der Waals surface area contributed by atoms with Crippen LogP contribution in [0.3, 0.4) is 0 Å². The van der Waals surface area contributed by atoms with E-state index >= 15 is 0 Å². The normalized spacial score (nSPS) is 11.4. The van der Waals surface area contributed by atoms with Crippen LogP contribution in [0.5, 0.6) is 0 Å². The molecule has 1 aromatic carbocycles. The summed E-state index contributed by atoms with van der Waals surface area (Å²) < 4.78 is 0. The summed E-state index contributed by atoms with van der Waals surface area (Å²) in [5.74, 6) is 0. The van der Waals surface area contributed by atoms with Crippen molar-refractivity contribution in [2.24, 2.45) is 0 Å². The smallest absolute Gasteiger partial charge is 0.0195 e. The van der Waals surface area contributed by atoms with Crippen LogP contribution >= 0.6 is 0 Å². The Morgan fingerprint density at radius 2 is 2.08 bits per heavy atom. The molecular formula is C13H16. The molecule has 0 saturated carbocycles. The van der Waals surface area contributed by atoms with Crippen molar-refractivity contribution in [2.75, 3.05) is 0 Å². The third-order valence-corrected chi connectivity index (χ3v) is 2.19. The van der Waals surface area contributed by atoms with Crippen LogP contribution in [0, 0.1) is 6.92 Å². The molecule has 0 aliphatic carbocycles. The van der Waals surface area contributed by atoms with Crippen LogP contribution in [0.4, 0.5) is 0 Å². The lowest BCUT2D eigenvalue weighted by Gasteiger charge is -2.07. The molecule has 0 aliphatic heterocycles. The van der Waals surface area contributed by atoms with Crippen molar-refractivity contribution in [3.8, 4) is 0 Å². The van der Waals surface area contributed by atoms with Crippen molar-refractivity contribution < 1.29 is 0 Å². The fourth-order valence-electron chi connectivity index (χ4n) is 1.47. The van der Waals surface area contributed by atoms with Gasteiger partial charge >= 0.3 is 0 Å². The molecule has 0 heteroatoms. The molecule has 1 rings (SSSR count). The third-order valence-electron chi connectivity index (χ3n) is 2.19. The predicted molar refractivity (Wildman–Crippen MR) is 59.6 cm³/mol. The molecule has 0 heterocycles. The van der Waals surface area contributed by atoms with Crippen molar-refractivity contribution in [1.29, 1.82) is 0 Å². The molecule has 13 heavy (non-hydrogen) atoms. The number of hydrogen-bond donors (Lipinski definition) is 0. The average molecular weight is 172 g/mol. The summed E-state index contributed by atoms with van der Waals surface area (Å²) in [6.45, 7) is 8.04. The van der Waals surface area contributed by atoms with E-state index < -0.39 is 0 Å². The fourth-order valence-corrected chi connectivity index (χ4v) is 1.47. The van der Waals surface area contributed by atoms with E-state index in [9.17, 15) is 0 Å². The van der Waals surface area contributed by atoms with E-state index in [1.165, 1.54) is 16.7 Å². The average Bonchev–Trinajstić information content (AvgIpc) is 2.16. The highest BCUT2D eigenvalue weighted by molar-refractivity contribution is 5.69. The zero-order valence-electron chi connectivity index (χ0n) is 8.38. The summed E-state index contributed by atoms with van der Waals surface area (Å²) in [5.41, 5.74) is 4.02. The Balaban J connectivity index is 3.12. The van der Waals surface area contributed by atoms with E-state index in [-0.39, 0.29) is 0 Å². The molecule has 0 spiro atoms. The lowest BCUT2D eigenvalue weighted by Crippen LogP contribution is -1.86. The van der Waals surface area contributed by atoms with Gasteiger partial charge in [0.1, 0.15) is 0 Å². The molecule has 1 aromatic rings. The van der Waals surface area contributed by atoms with Gasteiger partial charge in [-0.15, -0.1) is 0 Å². The second kappa shape index (κ2) is 4.66. The van der Waals surface area contributed by atoms with Gasteiger partial charge in [0.05, 0.1) is 0 Å². The lowest BCUT2D eigenvalue weighted by molar-refractivity contribution is 1.22. The van der Waals surface area contributed by atoms with Crippen LogP contribution in [-0.2, 0) is 0 Å². The molecule has 0 radical (unpaired) electrons. The first-order chi connectivity index (χ1) is 6.29. The molecule has 68 valence electrons. The monoisotopic (exact) mass is 172 g/mol. The summed E-state index contributed by atoms with van der Waals surface area (Å²) in [6, 6.07) is 8.45. The highest BCUT2D eigenvalue weighted by Gasteiger charge is 2.00. The first kappa shape index (κ1) is 9.79. The van der Waals surface area contributed by atoms with Gasteiger partial charge in [-0.3, -0.25) is 0 Å². The number of rotatable bonds is 3. The Labute approximate surface area is 80.6 Å². The second-order valence-corrected chi connectivity index (χ2v) is 3.10. The van der Waals surface area contributed by atoms with Crippen LogP contribution in [0.2, 0.25) is 0 Å². The first-order valence-electron chi connectivity index (χ1n) is 4.67. The van der Waals surface area contributed by atoms with E-state index in [0.717, 1.165) is 6.42 Å². The molecular weight excluding hydrogens is 156 g/mol. The largest absolute Gasteiger partial charge is 0.0991 e. The quantitative estimate of drug-likeness (QED) is 0.605. The van der Waals surface area contributed by atoms with Crippen LogP contribution in [0.25, 0.3) is 5.57 Å². The molecule has 0 unspecified atom stereocenters. The molecule has 0 aromatic heterocycles. The summed E-state index contributed by atoms with van der Waals surface area (Å²) in [5, 5.41) is 0. The van der Waals surface area contributed by atoms with Gasteiger partial charge in [-0.25, -0.2) is 0 Å². The van der Waals surface area contributed by atoms with Crippen molar-refractivity contribution in [3.05, 3.63) is 54.1 Å². The van der Waals surface area contributed by atoms with Gasteiger partial charge in [-0.2, -0.15) is 0 Å². The van der Waals surface area contributed by atoms with Gasteiger partial charge in [0.2, 0.25) is 0 Å². The van der Waals surface area contributed by atoms with Crippen LogP contribution in [0.1, 0.15) is 24.5 Å². The van der Waals surface area contributed by atoms with Gasteiger partial charge in [0.15, 0.2) is 0 Å². The lowest BCUT2D eigenvalue weighted by atomic mass is 9.98. The predicted octanol–water partition coefficient (Wildman–Crippen LogP) is 3.97. The van der Waals surface area contributed by atoms with E-state index in [2.05, 4.69) is 50.8 Å². The minimum atomic E-state index is 1.05. The van der Waals surface area contributed by atoms with E-state index in [4.69, 9.17) is 0 Å². The van der Waals surface area contributed by atoms with Gasteiger partial charge < -0.3 is 0 Å². The van der Waals surface area contributed by atoms with Crippen molar-refractivity contribution in [3.63, 3.8) is 0 Å². The van der Waals surface area contributed by atoms with Crippen molar-refractivity contribution in [1.82, 2.24) is 0 Å². The summed E-state index contributed by atoms with van der Waals surface area (Å²) in [4.78, 5) is 0. The number of aryl methyl sites for hydroxylation is 1. The number of benzene rings is 1. The highest BCUT2D eigenvalue weighted by Crippen LogP contribution is 2.21. The summed E-state index contributed by atoms with van der Waals surface area (Å²) >= 11 is 0. The highest BCUT2D eigenvalue weighted by atomic mass is 14.0. The van der Waals surface area contributed by atoms with E-state index in [0.29, 0.717) is 0 Å². The SMILES string of the molecule is C=CC=C(CC)c1ccccc1C. The number of hydrogen-bond acceptors (Lipinski definition) is 0. The molecule has 0 saturated heterocycles. The fraction of sp³-hybridized carbons (Fsp3) is 0.231. The van der Waals surface area contributed by atoms with Crippen molar-refractivity contribution in [2.45, 2.75) is 20.3 Å². The summed E-state index contributed by atoms with van der Waals surface area (Å²) in [6.07, 6.45) is 4.99.